The van der Waals surface area contributed by atoms with Gasteiger partial charge in [-0.3, -0.25) is 0 Å². The minimum Gasteiger partial charge on any atom is -0.485 e. The summed E-state index contributed by atoms with van der Waals surface area (Å²) in [5.41, 5.74) is 0. The van der Waals surface area contributed by atoms with E-state index in [1.54, 1.807) is 0 Å². The summed E-state index contributed by atoms with van der Waals surface area (Å²) in [6.07, 6.45) is 0. The molecule has 0 spiro atoms. The van der Waals surface area contributed by atoms with Crippen LogP contribution in [-0.2, 0) is 6.61 Å². The van der Waals surface area contributed by atoms with Crippen molar-refractivity contribution in [3.8, 4) is 5.75 Å². The molecule has 2 aromatic rings. The SMILES string of the molecule is CC(C)CNc1nc(COc2ccccc2)no1. The molecule has 0 amide bonds. The van der Waals surface area contributed by atoms with Crippen molar-refractivity contribution in [2.45, 2.75) is 20.5 Å². The Hall–Kier alpha value is -2.04. The van der Waals surface area contributed by atoms with E-state index < -0.39 is 0 Å². The van der Waals surface area contributed by atoms with Gasteiger partial charge in [0, 0.05) is 6.54 Å². The summed E-state index contributed by atoms with van der Waals surface area (Å²) >= 11 is 0. The van der Waals surface area contributed by atoms with Crippen molar-refractivity contribution in [1.29, 1.82) is 0 Å². The number of para-hydroxylation sites is 1. The molecule has 0 aliphatic carbocycles. The third kappa shape index (κ3) is 3.76. The number of nitrogens with one attached hydrogen (secondary N) is 1. The van der Waals surface area contributed by atoms with Gasteiger partial charge in [0.15, 0.2) is 6.61 Å². The van der Waals surface area contributed by atoms with Crippen LogP contribution in [0.15, 0.2) is 34.9 Å². The lowest BCUT2D eigenvalue weighted by Gasteiger charge is -2.03. The van der Waals surface area contributed by atoms with E-state index in [0.717, 1.165) is 12.3 Å². The zero-order chi connectivity index (χ0) is 12.8. The van der Waals surface area contributed by atoms with Crippen LogP contribution < -0.4 is 10.1 Å². The molecule has 0 unspecified atom stereocenters. The molecule has 0 saturated carbocycles. The number of ether oxygens (including phenoxy) is 1. The predicted molar refractivity (Wildman–Crippen MR) is 68.4 cm³/mol. The number of anilines is 1. The van der Waals surface area contributed by atoms with E-state index in [9.17, 15) is 0 Å². The van der Waals surface area contributed by atoms with E-state index in [4.69, 9.17) is 9.26 Å². The van der Waals surface area contributed by atoms with E-state index in [0.29, 0.717) is 24.4 Å². The second-order valence-electron chi connectivity index (χ2n) is 4.39. The Balaban J connectivity index is 1.83. The molecule has 18 heavy (non-hydrogen) atoms. The summed E-state index contributed by atoms with van der Waals surface area (Å²) in [4.78, 5) is 4.18. The molecule has 1 aromatic carbocycles. The Morgan fingerprint density at radius 3 is 2.78 bits per heavy atom. The molecular formula is C13H17N3O2. The molecule has 0 aliphatic rings. The number of benzene rings is 1. The number of hydrogen-bond donors (Lipinski definition) is 1. The Bertz CT molecular complexity index is 468. The van der Waals surface area contributed by atoms with Gasteiger partial charge in [0.25, 0.3) is 0 Å². The lowest BCUT2D eigenvalue weighted by Crippen LogP contribution is -2.08. The molecule has 0 atom stereocenters. The molecular weight excluding hydrogens is 230 g/mol. The van der Waals surface area contributed by atoms with Crippen LogP contribution in [0.5, 0.6) is 5.75 Å². The van der Waals surface area contributed by atoms with Crippen LogP contribution in [0.1, 0.15) is 19.7 Å². The highest BCUT2D eigenvalue weighted by Crippen LogP contribution is 2.11. The lowest BCUT2D eigenvalue weighted by atomic mass is 10.2. The maximum Gasteiger partial charge on any atom is 0.321 e. The Morgan fingerprint density at radius 1 is 1.28 bits per heavy atom. The Morgan fingerprint density at radius 2 is 2.06 bits per heavy atom. The molecule has 2 rings (SSSR count). The van der Waals surface area contributed by atoms with Crippen LogP contribution in [0.4, 0.5) is 6.01 Å². The van der Waals surface area contributed by atoms with Gasteiger partial charge < -0.3 is 14.6 Å². The van der Waals surface area contributed by atoms with Crippen molar-refractivity contribution >= 4 is 6.01 Å². The van der Waals surface area contributed by atoms with Crippen LogP contribution in [0.25, 0.3) is 0 Å². The standard InChI is InChI=1S/C13H17N3O2/c1-10(2)8-14-13-15-12(16-18-13)9-17-11-6-4-3-5-7-11/h3-7,10H,8-9H2,1-2H3,(H,14,15,16). The number of aromatic nitrogens is 2. The van der Waals surface area contributed by atoms with Crippen LogP contribution >= 0.6 is 0 Å². The molecule has 1 N–H and O–H groups in total. The molecule has 0 bridgehead atoms. The first kappa shape index (κ1) is 12.4. The second-order valence-corrected chi connectivity index (χ2v) is 4.39. The fraction of sp³-hybridized carbons (Fsp3) is 0.385. The molecule has 96 valence electrons. The molecule has 5 heteroatoms. The van der Waals surface area contributed by atoms with Gasteiger partial charge in [-0.1, -0.05) is 37.2 Å². The molecule has 1 heterocycles. The first-order valence-corrected chi connectivity index (χ1v) is 5.98. The second kappa shape index (κ2) is 6.05. The normalized spacial score (nSPS) is 10.6. The van der Waals surface area contributed by atoms with Gasteiger partial charge in [-0.15, -0.1) is 0 Å². The summed E-state index contributed by atoms with van der Waals surface area (Å²) in [5.74, 6) is 1.85. The van der Waals surface area contributed by atoms with Gasteiger partial charge in [-0.05, 0) is 18.1 Å². The van der Waals surface area contributed by atoms with Crippen molar-refractivity contribution < 1.29 is 9.26 Å². The van der Waals surface area contributed by atoms with Gasteiger partial charge in [0.2, 0.25) is 5.82 Å². The fourth-order valence-corrected chi connectivity index (χ4v) is 1.34. The minimum absolute atomic E-state index is 0.302. The van der Waals surface area contributed by atoms with Gasteiger partial charge >= 0.3 is 6.01 Å². The van der Waals surface area contributed by atoms with Gasteiger partial charge in [-0.2, -0.15) is 4.98 Å². The third-order valence-electron chi connectivity index (χ3n) is 2.24. The topological polar surface area (TPSA) is 60.2 Å². The van der Waals surface area contributed by atoms with Gasteiger partial charge in [-0.25, -0.2) is 0 Å². The first-order chi connectivity index (χ1) is 8.74. The zero-order valence-electron chi connectivity index (χ0n) is 10.6. The molecule has 0 radical (unpaired) electrons. The van der Waals surface area contributed by atoms with Crippen molar-refractivity contribution in [3.05, 3.63) is 36.2 Å². The largest absolute Gasteiger partial charge is 0.485 e. The van der Waals surface area contributed by atoms with Crippen LogP contribution in [0.2, 0.25) is 0 Å². The molecule has 0 saturated heterocycles. The Labute approximate surface area is 106 Å². The highest BCUT2D eigenvalue weighted by atomic mass is 16.5. The molecule has 0 fully saturated rings. The van der Waals surface area contributed by atoms with Crippen LogP contribution in [0, 0.1) is 5.92 Å². The highest BCUT2D eigenvalue weighted by Gasteiger charge is 2.06. The summed E-state index contributed by atoms with van der Waals surface area (Å²) < 4.78 is 10.6. The van der Waals surface area contributed by atoms with E-state index >= 15 is 0 Å². The number of hydrogen-bond acceptors (Lipinski definition) is 5. The summed E-state index contributed by atoms with van der Waals surface area (Å²) in [6, 6.07) is 9.99. The number of rotatable bonds is 6. The van der Waals surface area contributed by atoms with Crippen LogP contribution in [-0.4, -0.2) is 16.7 Å². The Kier molecular flexibility index (Phi) is 4.17. The monoisotopic (exact) mass is 247 g/mol. The van der Waals surface area contributed by atoms with Crippen molar-refractivity contribution in [2.75, 3.05) is 11.9 Å². The smallest absolute Gasteiger partial charge is 0.321 e. The quantitative estimate of drug-likeness (QED) is 0.850. The van der Waals surface area contributed by atoms with Crippen molar-refractivity contribution in [1.82, 2.24) is 10.1 Å². The van der Waals surface area contributed by atoms with Gasteiger partial charge in [0.05, 0.1) is 0 Å². The maximum absolute atomic E-state index is 5.52. The highest BCUT2D eigenvalue weighted by molar-refractivity contribution is 5.21. The summed E-state index contributed by atoms with van der Waals surface area (Å²) in [7, 11) is 0. The molecule has 1 aromatic heterocycles. The first-order valence-electron chi connectivity index (χ1n) is 5.98. The van der Waals surface area contributed by atoms with E-state index in [-0.39, 0.29) is 0 Å². The van der Waals surface area contributed by atoms with Crippen LogP contribution in [0.3, 0.4) is 0 Å². The predicted octanol–water partition coefficient (Wildman–Crippen LogP) is 2.72. The maximum atomic E-state index is 5.52. The molecule has 0 aliphatic heterocycles. The lowest BCUT2D eigenvalue weighted by molar-refractivity contribution is 0.287. The van der Waals surface area contributed by atoms with E-state index in [2.05, 4.69) is 29.3 Å². The van der Waals surface area contributed by atoms with E-state index in [1.807, 2.05) is 30.3 Å². The van der Waals surface area contributed by atoms with E-state index in [1.165, 1.54) is 0 Å². The summed E-state index contributed by atoms with van der Waals surface area (Å²) in [6.45, 7) is 5.34. The minimum atomic E-state index is 0.302. The average Bonchev–Trinajstić information content (AvgIpc) is 2.83. The van der Waals surface area contributed by atoms with Gasteiger partial charge in [0.1, 0.15) is 5.75 Å². The zero-order valence-corrected chi connectivity index (χ0v) is 10.6. The molecule has 5 nitrogen and oxygen atoms in total. The average molecular weight is 247 g/mol. The summed E-state index contributed by atoms with van der Waals surface area (Å²) in [5, 5.41) is 6.90. The van der Waals surface area contributed by atoms with Crippen molar-refractivity contribution in [3.63, 3.8) is 0 Å². The number of nitrogens with zero attached hydrogens (tertiary/aromatic N) is 2. The van der Waals surface area contributed by atoms with Crippen molar-refractivity contribution in [2.24, 2.45) is 5.92 Å². The third-order valence-corrected chi connectivity index (χ3v) is 2.24. The fourth-order valence-electron chi connectivity index (χ4n) is 1.34.